The van der Waals surface area contributed by atoms with Gasteiger partial charge in [-0.15, -0.1) is 0 Å². The van der Waals surface area contributed by atoms with E-state index in [-0.39, 0.29) is 5.54 Å². The predicted octanol–water partition coefficient (Wildman–Crippen LogP) is 2.81. The van der Waals surface area contributed by atoms with E-state index in [1.165, 1.54) is 12.8 Å². The van der Waals surface area contributed by atoms with Gasteiger partial charge in [-0.2, -0.15) is 4.98 Å². The van der Waals surface area contributed by atoms with Crippen molar-refractivity contribution in [1.29, 1.82) is 0 Å². The fraction of sp³-hybridized carbons (Fsp3) is 0.429. The molecule has 1 aliphatic rings. The first-order valence-corrected chi connectivity index (χ1v) is 6.37. The molecular formula is C14H18N4. The molecule has 3 N–H and O–H groups in total. The SMILES string of the molecule is CC(C)(Nc1nc(N)nc2ccccc12)C1CC1. The highest BCUT2D eigenvalue weighted by atomic mass is 15.1. The number of anilines is 2. The molecule has 2 aromatic rings. The Morgan fingerprint density at radius 1 is 1.22 bits per heavy atom. The summed E-state index contributed by atoms with van der Waals surface area (Å²) in [6.07, 6.45) is 2.58. The number of nitrogen functional groups attached to an aromatic ring is 1. The standard InChI is InChI=1S/C14H18N4/c1-14(2,9-7-8-9)18-12-10-5-3-4-6-11(10)16-13(15)17-12/h3-6,9H,7-8H2,1-2H3,(H3,15,16,17,18). The summed E-state index contributed by atoms with van der Waals surface area (Å²) in [5.41, 5.74) is 6.72. The van der Waals surface area contributed by atoms with Crippen LogP contribution in [-0.2, 0) is 0 Å². The summed E-state index contributed by atoms with van der Waals surface area (Å²) in [4.78, 5) is 8.61. The topological polar surface area (TPSA) is 63.8 Å². The lowest BCUT2D eigenvalue weighted by atomic mass is 9.98. The number of rotatable bonds is 3. The van der Waals surface area contributed by atoms with Crippen LogP contribution >= 0.6 is 0 Å². The van der Waals surface area contributed by atoms with Crippen molar-refractivity contribution in [2.45, 2.75) is 32.2 Å². The van der Waals surface area contributed by atoms with Crippen LogP contribution in [0.1, 0.15) is 26.7 Å². The molecule has 0 aliphatic heterocycles. The zero-order chi connectivity index (χ0) is 12.8. The first kappa shape index (κ1) is 11.3. The van der Waals surface area contributed by atoms with Crippen LogP contribution in [-0.4, -0.2) is 15.5 Å². The third-order valence-corrected chi connectivity index (χ3v) is 3.66. The molecule has 0 unspecified atom stereocenters. The normalized spacial score (nSPS) is 15.9. The second-order valence-corrected chi connectivity index (χ2v) is 5.57. The highest BCUT2D eigenvalue weighted by Gasteiger charge is 2.38. The van der Waals surface area contributed by atoms with Crippen LogP contribution in [0.4, 0.5) is 11.8 Å². The van der Waals surface area contributed by atoms with Crippen LogP contribution in [0.3, 0.4) is 0 Å². The number of nitrogens with zero attached hydrogens (tertiary/aromatic N) is 2. The molecule has 0 saturated heterocycles. The molecule has 4 heteroatoms. The Hall–Kier alpha value is -1.84. The summed E-state index contributed by atoms with van der Waals surface area (Å²) in [5, 5.41) is 4.56. The Kier molecular flexibility index (Phi) is 2.40. The molecule has 1 saturated carbocycles. The van der Waals surface area contributed by atoms with Crippen molar-refractivity contribution in [3.05, 3.63) is 24.3 Å². The summed E-state index contributed by atoms with van der Waals surface area (Å²) in [6, 6.07) is 7.95. The number of nitrogens with two attached hydrogens (primary N) is 1. The molecule has 1 aliphatic carbocycles. The van der Waals surface area contributed by atoms with E-state index >= 15 is 0 Å². The Balaban J connectivity index is 2.05. The molecule has 0 atom stereocenters. The van der Waals surface area contributed by atoms with Gasteiger partial charge in [0.1, 0.15) is 5.82 Å². The summed E-state index contributed by atoms with van der Waals surface area (Å²) in [5.74, 6) is 1.89. The molecule has 18 heavy (non-hydrogen) atoms. The van der Waals surface area contributed by atoms with Crippen molar-refractivity contribution < 1.29 is 0 Å². The van der Waals surface area contributed by atoms with E-state index in [1.54, 1.807) is 0 Å². The average molecular weight is 242 g/mol. The lowest BCUT2D eigenvalue weighted by molar-refractivity contribution is 0.493. The second-order valence-electron chi connectivity index (χ2n) is 5.57. The molecule has 1 heterocycles. The van der Waals surface area contributed by atoms with Gasteiger partial charge in [0.15, 0.2) is 0 Å². The summed E-state index contributed by atoms with van der Waals surface area (Å²) in [6.45, 7) is 4.44. The van der Waals surface area contributed by atoms with Crippen molar-refractivity contribution in [2.24, 2.45) is 5.92 Å². The smallest absolute Gasteiger partial charge is 0.222 e. The zero-order valence-corrected chi connectivity index (χ0v) is 10.8. The molecule has 0 bridgehead atoms. The van der Waals surface area contributed by atoms with Crippen LogP contribution < -0.4 is 11.1 Å². The van der Waals surface area contributed by atoms with Gasteiger partial charge in [-0.05, 0) is 44.7 Å². The molecule has 0 radical (unpaired) electrons. The van der Waals surface area contributed by atoms with E-state index in [1.807, 2.05) is 24.3 Å². The van der Waals surface area contributed by atoms with Crippen LogP contribution in [0.15, 0.2) is 24.3 Å². The van der Waals surface area contributed by atoms with Crippen molar-refractivity contribution >= 4 is 22.7 Å². The monoisotopic (exact) mass is 242 g/mol. The maximum atomic E-state index is 5.77. The fourth-order valence-electron chi connectivity index (χ4n) is 2.40. The van der Waals surface area contributed by atoms with E-state index in [4.69, 9.17) is 5.73 Å². The van der Waals surface area contributed by atoms with E-state index in [0.717, 1.165) is 22.6 Å². The minimum Gasteiger partial charge on any atom is -0.368 e. The van der Waals surface area contributed by atoms with Gasteiger partial charge < -0.3 is 11.1 Å². The van der Waals surface area contributed by atoms with Crippen LogP contribution in [0.25, 0.3) is 10.9 Å². The highest BCUT2D eigenvalue weighted by molar-refractivity contribution is 5.90. The maximum absolute atomic E-state index is 5.77. The fourth-order valence-corrected chi connectivity index (χ4v) is 2.40. The van der Waals surface area contributed by atoms with Crippen molar-refractivity contribution in [3.63, 3.8) is 0 Å². The highest BCUT2D eigenvalue weighted by Crippen LogP contribution is 2.41. The van der Waals surface area contributed by atoms with Crippen LogP contribution in [0.2, 0.25) is 0 Å². The number of hydrogen-bond acceptors (Lipinski definition) is 4. The van der Waals surface area contributed by atoms with Crippen LogP contribution in [0, 0.1) is 5.92 Å². The summed E-state index contributed by atoms with van der Waals surface area (Å²) in [7, 11) is 0. The van der Waals surface area contributed by atoms with Gasteiger partial charge >= 0.3 is 0 Å². The molecule has 4 nitrogen and oxygen atoms in total. The van der Waals surface area contributed by atoms with Gasteiger partial charge in [-0.1, -0.05) is 12.1 Å². The minimum absolute atomic E-state index is 0.0591. The zero-order valence-electron chi connectivity index (χ0n) is 10.8. The number of fused-ring (bicyclic) bond motifs is 1. The first-order valence-electron chi connectivity index (χ1n) is 6.37. The maximum Gasteiger partial charge on any atom is 0.222 e. The van der Waals surface area contributed by atoms with Crippen LogP contribution in [0.5, 0.6) is 0 Å². The number of benzene rings is 1. The van der Waals surface area contributed by atoms with Gasteiger partial charge in [0.2, 0.25) is 5.95 Å². The van der Waals surface area contributed by atoms with Gasteiger partial charge in [0, 0.05) is 10.9 Å². The molecule has 1 aromatic heterocycles. The van der Waals surface area contributed by atoms with E-state index in [9.17, 15) is 0 Å². The van der Waals surface area contributed by atoms with E-state index in [0.29, 0.717) is 5.95 Å². The third-order valence-electron chi connectivity index (χ3n) is 3.66. The molecule has 94 valence electrons. The molecular weight excluding hydrogens is 224 g/mol. The third kappa shape index (κ3) is 1.98. The largest absolute Gasteiger partial charge is 0.368 e. The number of nitrogens with one attached hydrogen (secondary N) is 1. The quantitative estimate of drug-likeness (QED) is 0.868. The second kappa shape index (κ2) is 3.83. The molecule has 0 amide bonds. The lowest BCUT2D eigenvalue weighted by Gasteiger charge is -2.27. The Morgan fingerprint density at radius 2 is 1.94 bits per heavy atom. The lowest BCUT2D eigenvalue weighted by Crippen LogP contribution is -2.33. The average Bonchev–Trinajstić information content (AvgIpc) is 3.12. The number of hydrogen-bond donors (Lipinski definition) is 2. The van der Waals surface area contributed by atoms with Gasteiger partial charge in [-0.25, -0.2) is 4.98 Å². The first-order chi connectivity index (χ1) is 8.56. The van der Waals surface area contributed by atoms with E-state index in [2.05, 4.69) is 29.1 Å². The van der Waals surface area contributed by atoms with Gasteiger partial charge in [0.25, 0.3) is 0 Å². The predicted molar refractivity (Wildman–Crippen MR) is 74.4 cm³/mol. The summed E-state index contributed by atoms with van der Waals surface area (Å²) >= 11 is 0. The Labute approximate surface area is 107 Å². The number of para-hydroxylation sites is 1. The summed E-state index contributed by atoms with van der Waals surface area (Å²) < 4.78 is 0. The number of aromatic nitrogens is 2. The Morgan fingerprint density at radius 3 is 2.67 bits per heavy atom. The minimum atomic E-state index is 0.0591. The Bertz CT molecular complexity index is 587. The molecule has 1 aromatic carbocycles. The molecule has 3 rings (SSSR count). The van der Waals surface area contributed by atoms with Crippen molar-refractivity contribution in [2.75, 3.05) is 11.1 Å². The van der Waals surface area contributed by atoms with E-state index < -0.39 is 0 Å². The van der Waals surface area contributed by atoms with Gasteiger partial charge in [0.05, 0.1) is 5.52 Å². The van der Waals surface area contributed by atoms with Gasteiger partial charge in [-0.3, -0.25) is 0 Å². The van der Waals surface area contributed by atoms with Crippen molar-refractivity contribution in [3.8, 4) is 0 Å². The molecule has 1 fully saturated rings. The molecule has 0 spiro atoms. The van der Waals surface area contributed by atoms with Crippen molar-refractivity contribution in [1.82, 2.24) is 9.97 Å².